The summed E-state index contributed by atoms with van der Waals surface area (Å²) in [7, 11) is 0. The van der Waals surface area contributed by atoms with Crippen molar-refractivity contribution in [2.75, 3.05) is 5.75 Å². The number of nitrogens with one attached hydrogen (secondary N) is 1. The Balaban J connectivity index is 1.77. The largest absolute Gasteiger partial charge is 0.336 e. The molecule has 3 N–H and O–H groups in total. The highest BCUT2D eigenvalue weighted by atomic mass is 32.2. The Kier molecular flexibility index (Phi) is 3.32. The van der Waals surface area contributed by atoms with E-state index in [-0.39, 0.29) is 5.54 Å². The van der Waals surface area contributed by atoms with Crippen molar-refractivity contribution in [3.63, 3.8) is 0 Å². The lowest BCUT2D eigenvalue weighted by Crippen LogP contribution is -2.44. The highest BCUT2D eigenvalue weighted by Crippen LogP contribution is 2.37. The molecule has 0 spiro atoms. The number of rotatable bonds is 5. The van der Waals surface area contributed by atoms with E-state index < -0.39 is 0 Å². The van der Waals surface area contributed by atoms with Crippen molar-refractivity contribution in [3.05, 3.63) is 17.8 Å². The van der Waals surface area contributed by atoms with Crippen molar-refractivity contribution in [2.45, 2.75) is 37.5 Å². The predicted octanol–water partition coefficient (Wildman–Crippen LogP) is 2.05. The van der Waals surface area contributed by atoms with Crippen LogP contribution in [0.4, 0.5) is 0 Å². The van der Waals surface area contributed by atoms with Gasteiger partial charge in [0.1, 0.15) is 11.5 Å². The number of nitrogens with two attached hydrogens (primary N) is 1. The van der Waals surface area contributed by atoms with Crippen LogP contribution in [0.3, 0.4) is 0 Å². The van der Waals surface area contributed by atoms with Crippen molar-refractivity contribution >= 4 is 11.8 Å². The number of thioether (sulfide) groups is 1. The van der Waals surface area contributed by atoms with Gasteiger partial charge < -0.3 is 15.2 Å². The summed E-state index contributed by atoms with van der Waals surface area (Å²) in [6.07, 6.45) is 4.82. The lowest BCUT2D eigenvalue weighted by molar-refractivity contribution is 0.240. The van der Waals surface area contributed by atoms with Gasteiger partial charge in [0, 0.05) is 0 Å². The number of imidazole rings is 1. The van der Waals surface area contributed by atoms with Gasteiger partial charge in [-0.05, 0) is 25.0 Å². The van der Waals surface area contributed by atoms with Crippen LogP contribution in [0, 0.1) is 0 Å². The van der Waals surface area contributed by atoms with Crippen LogP contribution in [0.15, 0.2) is 10.7 Å². The number of H-pyrrole nitrogens is 1. The standard InChI is InChI=1S/C12H17N5OS/c1-2-19-7-9-16-10(18-17-9)8-6-14-11(15-8)12(13)4-3-5-12/h6H,2-5,7,13H2,1H3,(H,14,15). The second-order valence-electron chi connectivity index (χ2n) is 4.81. The molecule has 102 valence electrons. The lowest BCUT2D eigenvalue weighted by Gasteiger charge is -2.35. The molecule has 1 fully saturated rings. The fourth-order valence-corrected chi connectivity index (χ4v) is 2.60. The highest BCUT2D eigenvalue weighted by molar-refractivity contribution is 7.98. The van der Waals surface area contributed by atoms with Crippen LogP contribution >= 0.6 is 11.8 Å². The summed E-state index contributed by atoms with van der Waals surface area (Å²) in [5.41, 5.74) is 6.67. The molecule has 0 radical (unpaired) electrons. The van der Waals surface area contributed by atoms with Crippen LogP contribution < -0.4 is 5.73 Å². The number of hydrogen-bond acceptors (Lipinski definition) is 6. The molecule has 7 heteroatoms. The van der Waals surface area contributed by atoms with Gasteiger partial charge >= 0.3 is 0 Å². The van der Waals surface area contributed by atoms with Crippen LogP contribution in [0.1, 0.15) is 37.8 Å². The van der Waals surface area contributed by atoms with Gasteiger partial charge in [0.25, 0.3) is 5.89 Å². The maximum Gasteiger partial charge on any atom is 0.276 e. The van der Waals surface area contributed by atoms with Crippen molar-refractivity contribution in [2.24, 2.45) is 5.73 Å². The minimum absolute atomic E-state index is 0.292. The van der Waals surface area contributed by atoms with Crippen molar-refractivity contribution < 1.29 is 4.52 Å². The van der Waals surface area contributed by atoms with Crippen molar-refractivity contribution in [3.8, 4) is 11.6 Å². The molecule has 0 amide bonds. The van der Waals surface area contributed by atoms with E-state index in [0.29, 0.717) is 11.7 Å². The molecule has 0 bridgehead atoms. The average Bonchev–Trinajstić information content (AvgIpc) is 3.02. The number of nitrogens with zero attached hydrogens (tertiary/aromatic N) is 3. The van der Waals surface area contributed by atoms with Crippen LogP contribution in [0.5, 0.6) is 0 Å². The first-order valence-corrected chi connectivity index (χ1v) is 7.62. The van der Waals surface area contributed by atoms with E-state index in [1.54, 1.807) is 18.0 Å². The first-order valence-electron chi connectivity index (χ1n) is 6.46. The summed E-state index contributed by atoms with van der Waals surface area (Å²) >= 11 is 1.76. The summed E-state index contributed by atoms with van der Waals surface area (Å²) in [5.74, 6) is 3.81. The molecule has 0 saturated heterocycles. The molecule has 0 aliphatic heterocycles. The zero-order chi connectivity index (χ0) is 13.3. The van der Waals surface area contributed by atoms with Crippen LogP contribution in [0.25, 0.3) is 11.6 Å². The quantitative estimate of drug-likeness (QED) is 0.870. The normalized spacial score (nSPS) is 17.4. The van der Waals surface area contributed by atoms with E-state index in [0.717, 1.165) is 42.3 Å². The van der Waals surface area contributed by atoms with Gasteiger partial charge in [-0.2, -0.15) is 16.7 Å². The van der Waals surface area contributed by atoms with Crippen LogP contribution in [-0.4, -0.2) is 25.9 Å². The predicted molar refractivity (Wildman–Crippen MR) is 73.4 cm³/mol. The zero-order valence-electron chi connectivity index (χ0n) is 10.8. The monoisotopic (exact) mass is 279 g/mol. The molecule has 0 unspecified atom stereocenters. The zero-order valence-corrected chi connectivity index (χ0v) is 11.7. The van der Waals surface area contributed by atoms with Gasteiger partial charge in [-0.3, -0.25) is 0 Å². The molecule has 6 nitrogen and oxygen atoms in total. The van der Waals surface area contributed by atoms with Crippen molar-refractivity contribution in [1.82, 2.24) is 20.1 Å². The van der Waals surface area contributed by atoms with Crippen LogP contribution in [0.2, 0.25) is 0 Å². The second kappa shape index (κ2) is 4.97. The Labute approximate surface area is 115 Å². The van der Waals surface area contributed by atoms with Gasteiger partial charge in [0.2, 0.25) is 0 Å². The summed E-state index contributed by atoms with van der Waals surface area (Å²) in [6.45, 7) is 2.10. The van der Waals surface area contributed by atoms with E-state index in [9.17, 15) is 0 Å². The molecule has 19 heavy (non-hydrogen) atoms. The van der Waals surface area contributed by atoms with Gasteiger partial charge in [-0.1, -0.05) is 12.1 Å². The molecule has 1 aliphatic carbocycles. The summed E-state index contributed by atoms with van der Waals surface area (Å²) in [6, 6.07) is 0. The third-order valence-electron chi connectivity index (χ3n) is 3.43. The Morgan fingerprint density at radius 3 is 3.05 bits per heavy atom. The Bertz CT molecular complexity index is 560. The lowest BCUT2D eigenvalue weighted by atomic mass is 9.77. The molecule has 3 rings (SSSR count). The first kappa shape index (κ1) is 12.7. The molecule has 1 saturated carbocycles. The number of hydrogen-bond donors (Lipinski definition) is 2. The second-order valence-corrected chi connectivity index (χ2v) is 6.08. The third kappa shape index (κ3) is 2.40. The molecule has 0 aromatic carbocycles. The van der Waals surface area contributed by atoms with Gasteiger partial charge in [-0.25, -0.2) is 4.98 Å². The van der Waals surface area contributed by atoms with E-state index in [2.05, 4.69) is 27.0 Å². The van der Waals surface area contributed by atoms with E-state index in [1.807, 2.05) is 0 Å². The minimum Gasteiger partial charge on any atom is -0.336 e. The molecule has 2 aromatic heterocycles. The highest BCUT2D eigenvalue weighted by Gasteiger charge is 2.37. The number of aromatic amines is 1. The van der Waals surface area contributed by atoms with Gasteiger partial charge in [0.15, 0.2) is 5.82 Å². The fraction of sp³-hybridized carbons (Fsp3) is 0.583. The van der Waals surface area contributed by atoms with E-state index in [4.69, 9.17) is 10.3 Å². The van der Waals surface area contributed by atoms with E-state index in [1.165, 1.54) is 0 Å². The van der Waals surface area contributed by atoms with Crippen molar-refractivity contribution in [1.29, 1.82) is 0 Å². The SMILES string of the molecule is CCSCc1noc(-c2cnc(C3(N)CCC3)[nH]2)n1. The first-order chi connectivity index (χ1) is 9.21. The average molecular weight is 279 g/mol. The Hall–Kier alpha value is -1.34. The molecule has 0 atom stereocenters. The molecular weight excluding hydrogens is 262 g/mol. The topological polar surface area (TPSA) is 93.6 Å². The summed E-state index contributed by atoms with van der Waals surface area (Å²) < 4.78 is 5.24. The molecule has 1 aliphatic rings. The minimum atomic E-state index is -0.292. The van der Waals surface area contributed by atoms with E-state index >= 15 is 0 Å². The maximum absolute atomic E-state index is 6.22. The Morgan fingerprint density at radius 2 is 2.37 bits per heavy atom. The van der Waals surface area contributed by atoms with Crippen LogP contribution in [-0.2, 0) is 11.3 Å². The maximum atomic E-state index is 6.22. The molecule has 2 heterocycles. The summed E-state index contributed by atoms with van der Waals surface area (Å²) in [4.78, 5) is 11.9. The number of aromatic nitrogens is 4. The molecular formula is C12H17N5OS. The third-order valence-corrected chi connectivity index (χ3v) is 4.30. The fourth-order valence-electron chi connectivity index (χ4n) is 2.09. The van der Waals surface area contributed by atoms with Gasteiger partial charge in [0.05, 0.1) is 17.5 Å². The van der Waals surface area contributed by atoms with Gasteiger partial charge in [-0.15, -0.1) is 0 Å². The Morgan fingerprint density at radius 1 is 1.53 bits per heavy atom. The molecule has 2 aromatic rings. The smallest absolute Gasteiger partial charge is 0.276 e. The summed E-state index contributed by atoms with van der Waals surface area (Å²) in [5, 5.41) is 3.95.